The molecule has 1 N–H and O–H groups in total. The molecule has 7 heteroatoms. The van der Waals surface area contributed by atoms with Gasteiger partial charge in [-0.2, -0.15) is 5.26 Å². The van der Waals surface area contributed by atoms with Gasteiger partial charge in [0.15, 0.2) is 0 Å². The van der Waals surface area contributed by atoms with E-state index in [1.807, 2.05) is 48.5 Å². The van der Waals surface area contributed by atoms with Gasteiger partial charge in [-0.05, 0) is 66.1 Å². The maximum atomic E-state index is 13.1. The van der Waals surface area contributed by atoms with Gasteiger partial charge >= 0.3 is 12.1 Å². The molecular formula is C31H28N2O4S. The molecule has 1 aliphatic carbocycles. The van der Waals surface area contributed by atoms with Gasteiger partial charge in [0.1, 0.15) is 29.2 Å². The van der Waals surface area contributed by atoms with Crippen LogP contribution in [0.2, 0.25) is 0 Å². The highest BCUT2D eigenvalue weighted by Crippen LogP contribution is 2.44. The molecule has 6 nitrogen and oxygen atoms in total. The number of carbonyl (C=O) groups excluding carboxylic acids is 2. The molecule has 5 rings (SSSR count). The summed E-state index contributed by atoms with van der Waals surface area (Å²) in [7, 11) is 0. The van der Waals surface area contributed by atoms with Gasteiger partial charge in [-0.25, -0.2) is 9.59 Å². The summed E-state index contributed by atoms with van der Waals surface area (Å²) in [4.78, 5) is 26.8. The van der Waals surface area contributed by atoms with Crippen LogP contribution in [0.3, 0.4) is 0 Å². The summed E-state index contributed by atoms with van der Waals surface area (Å²) >= 11 is 1.39. The molecule has 38 heavy (non-hydrogen) atoms. The van der Waals surface area contributed by atoms with Crippen LogP contribution in [-0.4, -0.2) is 30.3 Å². The predicted octanol–water partition coefficient (Wildman–Crippen LogP) is 6.56. The van der Waals surface area contributed by atoms with Crippen molar-refractivity contribution in [3.63, 3.8) is 0 Å². The fraction of sp³-hybridized carbons (Fsp3) is 0.258. The van der Waals surface area contributed by atoms with Crippen molar-refractivity contribution < 1.29 is 19.1 Å². The predicted molar refractivity (Wildman–Crippen MR) is 148 cm³/mol. The summed E-state index contributed by atoms with van der Waals surface area (Å²) in [5.74, 6) is -0.629. The Labute approximate surface area is 225 Å². The van der Waals surface area contributed by atoms with Crippen LogP contribution >= 0.6 is 11.3 Å². The molecule has 1 atom stereocenters. The third kappa shape index (κ3) is 5.27. The van der Waals surface area contributed by atoms with Gasteiger partial charge < -0.3 is 14.8 Å². The molecule has 3 aromatic carbocycles. The monoisotopic (exact) mass is 524 g/mol. The summed E-state index contributed by atoms with van der Waals surface area (Å²) in [5.41, 5.74) is 4.63. The van der Waals surface area contributed by atoms with Crippen molar-refractivity contribution >= 4 is 33.5 Å². The summed E-state index contributed by atoms with van der Waals surface area (Å²) in [6, 6.07) is 25.0. The van der Waals surface area contributed by atoms with Crippen LogP contribution in [0.1, 0.15) is 48.3 Å². The summed E-state index contributed by atoms with van der Waals surface area (Å²) in [6.45, 7) is 5.50. The lowest BCUT2D eigenvalue weighted by Gasteiger charge is -2.25. The molecule has 0 radical (unpaired) electrons. The van der Waals surface area contributed by atoms with E-state index in [-0.39, 0.29) is 18.9 Å². The first-order chi connectivity index (χ1) is 18.2. The number of rotatable bonds is 6. The van der Waals surface area contributed by atoms with Crippen molar-refractivity contribution in [2.24, 2.45) is 0 Å². The molecule has 0 aliphatic heterocycles. The number of nitriles is 1. The van der Waals surface area contributed by atoms with Crippen LogP contribution in [0.25, 0.3) is 21.2 Å². The second-order valence-corrected chi connectivity index (χ2v) is 11.4. The Morgan fingerprint density at radius 2 is 1.66 bits per heavy atom. The van der Waals surface area contributed by atoms with E-state index in [0.29, 0.717) is 4.88 Å². The smallest absolute Gasteiger partial charge is 0.407 e. The number of fused-ring (bicyclic) bond motifs is 4. The number of alkyl carbamates (subject to hydrolysis) is 1. The largest absolute Gasteiger partial charge is 0.458 e. The second-order valence-electron chi connectivity index (χ2n) is 10.3. The molecule has 0 spiro atoms. The third-order valence-corrected chi connectivity index (χ3v) is 7.52. The van der Waals surface area contributed by atoms with E-state index >= 15 is 0 Å². The maximum Gasteiger partial charge on any atom is 0.407 e. The number of thiophene rings is 1. The Morgan fingerprint density at radius 1 is 1.00 bits per heavy atom. The lowest BCUT2D eigenvalue weighted by atomic mass is 9.98. The van der Waals surface area contributed by atoms with E-state index in [1.54, 1.807) is 20.8 Å². The molecule has 1 aliphatic rings. The second kappa shape index (κ2) is 10.3. The Bertz CT molecular complexity index is 1510. The fourth-order valence-electron chi connectivity index (χ4n) is 4.92. The summed E-state index contributed by atoms with van der Waals surface area (Å²) < 4.78 is 12.3. The zero-order chi connectivity index (χ0) is 26.9. The zero-order valence-corrected chi connectivity index (χ0v) is 22.3. The maximum absolute atomic E-state index is 13.1. The van der Waals surface area contributed by atoms with Crippen molar-refractivity contribution in [3.8, 4) is 17.2 Å². The first kappa shape index (κ1) is 25.5. The molecule has 1 amide bonds. The van der Waals surface area contributed by atoms with Gasteiger partial charge in [-0.15, -0.1) is 11.3 Å². The number of esters is 1. The van der Waals surface area contributed by atoms with Crippen molar-refractivity contribution in [1.29, 1.82) is 5.26 Å². The number of benzene rings is 3. The van der Waals surface area contributed by atoms with E-state index < -0.39 is 23.7 Å². The number of nitrogens with one attached hydrogen (secondary N) is 1. The first-order valence-electron chi connectivity index (χ1n) is 12.5. The molecule has 0 saturated carbocycles. The average Bonchev–Trinajstić information content (AvgIpc) is 3.46. The molecule has 0 fully saturated rings. The lowest BCUT2D eigenvalue weighted by molar-refractivity contribution is -0.157. The Hall–Kier alpha value is -4.15. The van der Waals surface area contributed by atoms with Crippen molar-refractivity contribution in [1.82, 2.24) is 5.32 Å². The van der Waals surface area contributed by atoms with Gasteiger partial charge in [-0.3, -0.25) is 0 Å². The van der Waals surface area contributed by atoms with Crippen LogP contribution < -0.4 is 5.32 Å². The topological polar surface area (TPSA) is 88.4 Å². The molecule has 1 heterocycles. The highest BCUT2D eigenvalue weighted by Gasteiger charge is 2.31. The number of hydrogen-bond acceptors (Lipinski definition) is 6. The van der Waals surface area contributed by atoms with Gasteiger partial charge in [0, 0.05) is 17.0 Å². The molecule has 1 aromatic heterocycles. The van der Waals surface area contributed by atoms with Crippen LogP contribution in [0.4, 0.5) is 4.79 Å². The van der Waals surface area contributed by atoms with Crippen molar-refractivity contribution in [3.05, 3.63) is 94.4 Å². The van der Waals surface area contributed by atoms with Crippen LogP contribution in [-0.2, 0) is 20.7 Å². The highest BCUT2D eigenvalue weighted by molar-refractivity contribution is 7.19. The third-order valence-electron chi connectivity index (χ3n) is 6.51. The number of amides is 1. The van der Waals surface area contributed by atoms with Crippen LogP contribution in [0.5, 0.6) is 0 Å². The molecular weight excluding hydrogens is 496 g/mol. The first-order valence-corrected chi connectivity index (χ1v) is 13.3. The number of ether oxygens (including phenoxy) is 2. The molecule has 0 saturated heterocycles. The van der Waals surface area contributed by atoms with Crippen LogP contribution in [0, 0.1) is 11.3 Å². The van der Waals surface area contributed by atoms with Gasteiger partial charge in [0.05, 0.1) is 0 Å². The number of carbonyl (C=O) groups is 2. The average molecular weight is 525 g/mol. The zero-order valence-electron chi connectivity index (χ0n) is 21.5. The highest BCUT2D eigenvalue weighted by atomic mass is 32.1. The normalized spacial score (nSPS) is 13.3. The number of nitrogens with zero attached hydrogens (tertiary/aromatic N) is 1. The lowest BCUT2D eigenvalue weighted by Crippen LogP contribution is -2.46. The molecule has 0 unspecified atom stereocenters. The van der Waals surface area contributed by atoms with Crippen molar-refractivity contribution in [2.75, 3.05) is 6.61 Å². The van der Waals surface area contributed by atoms with Gasteiger partial charge in [-0.1, -0.05) is 60.7 Å². The Morgan fingerprint density at radius 3 is 2.29 bits per heavy atom. The minimum atomic E-state index is -0.957. The molecule has 0 bridgehead atoms. The minimum absolute atomic E-state index is 0.0860. The summed E-state index contributed by atoms with van der Waals surface area (Å²) in [5, 5.41) is 13.0. The SMILES string of the molecule is CC(C)(C)OC(=O)[C@H](Cc1cccc2sc(C#N)cc12)NC(=O)OCC1c2ccccc2-c2ccccc21. The molecule has 4 aromatic rings. The summed E-state index contributed by atoms with van der Waals surface area (Å²) in [6.07, 6.45) is -0.476. The Kier molecular flexibility index (Phi) is 6.92. The Balaban J connectivity index is 1.34. The van der Waals surface area contributed by atoms with Crippen molar-refractivity contribution in [2.45, 2.75) is 44.8 Å². The standard InChI is InChI=1S/C31H28N2O4S/c1-31(2,3)37-29(34)27(15-19-9-8-14-28-25(19)16-20(17-32)38-28)33-30(35)36-18-26-23-12-6-4-10-21(23)22-11-5-7-13-24(22)26/h4-14,16,26-27H,15,18H2,1-3H3,(H,33,35)/t27-/m0/s1. The number of hydrogen-bond donors (Lipinski definition) is 1. The van der Waals surface area contributed by atoms with E-state index in [1.165, 1.54) is 11.3 Å². The van der Waals surface area contributed by atoms with E-state index in [4.69, 9.17) is 9.47 Å². The molecule has 192 valence electrons. The minimum Gasteiger partial charge on any atom is -0.458 e. The van der Waals surface area contributed by atoms with Gasteiger partial charge in [0.25, 0.3) is 0 Å². The fourth-order valence-corrected chi connectivity index (χ4v) is 5.83. The quantitative estimate of drug-likeness (QED) is 0.288. The van der Waals surface area contributed by atoms with E-state index in [2.05, 4.69) is 35.7 Å². The van der Waals surface area contributed by atoms with Gasteiger partial charge in [0.2, 0.25) is 0 Å². The van der Waals surface area contributed by atoms with Crippen LogP contribution in [0.15, 0.2) is 72.8 Å². The van der Waals surface area contributed by atoms with E-state index in [0.717, 1.165) is 37.9 Å². The van der Waals surface area contributed by atoms with E-state index in [9.17, 15) is 14.9 Å².